The Morgan fingerprint density at radius 2 is 1.87 bits per heavy atom. The van der Waals surface area contributed by atoms with Crippen molar-refractivity contribution in [3.05, 3.63) is 54.2 Å². The summed E-state index contributed by atoms with van der Waals surface area (Å²) in [5.41, 5.74) is 0.599. The van der Waals surface area contributed by atoms with Crippen LogP contribution < -0.4 is 9.47 Å². The molecule has 2 aromatic carbocycles. The third-order valence-corrected chi connectivity index (χ3v) is 7.14. The molecular formula is C21H22FN3O5S. The number of halogens is 1. The monoisotopic (exact) mass is 447 g/mol. The van der Waals surface area contributed by atoms with Gasteiger partial charge in [-0.3, -0.25) is 0 Å². The average Bonchev–Trinajstić information content (AvgIpc) is 3.29. The van der Waals surface area contributed by atoms with Crippen LogP contribution >= 0.6 is 0 Å². The van der Waals surface area contributed by atoms with Crippen molar-refractivity contribution in [3.8, 4) is 23.0 Å². The van der Waals surface area contributed by atoms with Crippen LogP contribution in [0.3, 0.4) is 0 Å². The fraction of sp³-hybridized carbons (Fsp3) is 0.333. The number of sulfonamides is 1. The lowest BCUT2D eigenvalue weighted by Crippen LogP contribution is -2.39. The van der Waals surface area contributed by atoms with Crippen LogP contribution in [-0.4, -0.2) is 50.2 Å². The molecule has 1 fully saturated rings. The smallest absolute Gasteiger partial charge is 0.247 e. The van der Waals surface area contributed by atoms with Gasteiger partial charge in [0.25, 0.3) is 0 Å². The molecule has 0 unspecified atom stereocenters. The van der Waals surface area contributed by atoms with Crippen molar-refractivity contribution in [1.29, 1.82) is 0 Å². The van der Waals surface area contributed by atoms with Crippen LogP contribution in [0.5, 0.6) is 11.5 Å². The van der Waals surface area contributed by atoms with Gasteiger partial charge in [0.1, 0.15) is 22.2 Å². The highest BCUT2D eigenvalue weighted by molar-refractivity contribution is 7.89. The fourth-order valence-electron chi connectivity index (χ4n) is 3.60. The molecule has 10 heteroatoms. The molecule has 0 aliphatic carbocycles. The summed E-state index contributed by atoms with van der Waals surface area (Å²) in [7, 11) is -0.930. The largest absolute Gasteiger partial charge is 0.497 e. The zero-order valence-electron chi connectivity index (χ0n) is 17.1. The number of aromatic nitrogens is 2. The van der Waals surface area contributed by atoms with E-state index >= 15 is 0 Å². The Labute approximate surface area is 179 Å². The van der Waals surface area contributed by atoms with Crippen molar-refractivity contribution in [1.82, 2.24) is 14.5 Å². The molecule has 0 radical (unpaired) electrons. The minimum absolute atomic E-state index is 0.0486. The van der Waals surface area contributed by atoms with Crippen LogP contribution in [0.15, 0.2) is 51.8 Å². The number of ether oxygens (including phenoxy) is 2. The maximum absolute atomic E-state index is 13.4. The van der Waals surface area contributed by atoms with Gasteiger partial charge in [-0.15, -0.1) is 10.2 Å². The molecule has 0 amide bonds. The highest BCUT2D eigenvalue weighted by Gasteiger charge is 2.35. The van der Waals surface area contributed by atoms with Gasteiger partial charge in [0.05, 0.1) is 20.1 Å². The molecule has 0 bridgehead atoms. The van der Waals surface area contributed by atoms with Crippen molar-refractivity contribution in [3.63, 3.8) is 0 Å². The number of hydrogen-bond donors (Lipinski definition) is 0. The van der Waals surface area contributed by atoms with E-state index < -0.39 is 10.0 Å². The number of methoxy groups -OCH3 is 2. The van der Waals surface area contributed by atoms with E-state index in [1.54, 1.807) is 24.3 Å². The molecule has 164 valence electrons. The fourth-order valence-corrected chi connectivity index (χ4v) is 5.29. The van der Waals surface area contributed by atoms with E-state index in [0.717, 1.165) is 0 Å². The number of rotatable bonds is 6. The average molecular weight is 447 g/mol. The zero-order chi connectivity index (χ0) is 22.0. The lowest BCUT2D eigenvalue weighted by Gasteiger charge is -2.30. The summed E-state index contributed by atoms with van der Waals surface area (Å²) in [6.07, 6.45) is 1.36. The molecule has 31 heavy (non-hydrogen) atoms. The third-order valence-electron chi connectivity index (χ3n) is 5.25. The predicted molar refractivity (Wildman–Crippen MR) is 110 cm³/mol. The van der Waals surface area contributed by atoms with Gasteiger partial charge in [-0.2, -0.15) is 4.31 Å². The topological polar surface area (TPSA) is 94.8 Å². The first-order valence-electron chi connectivity index (χ1n) is 9.74. The van der Waals surface area contributed by atoms with E-state index in [1.807, 2.05) is 0 Å². The normalized spacial score (nSPS) is 17.5. The first-order chi connectivity index (χ1) is 14.9. The Kier molecular flexibility index (Phi) is 5.92. The van der Waals surface area contributed by atoms with Gasteiger partial charge in [-0.05, 0) is 49.2 Å². The van der Waals surface area contributed by atoms with Gasteiger partial charge in [-0.1, -0.05) is 0 Å². The summed E-state index contributed by atoms with van der Waals surface area (Å²) in [5.74, 6) is 0.695. The molecule has 1 aromatic heterocycles. The molecule has 2 heterocycles. The van der Waals surface area contributed by atoms with Gasteiger partial charge in [-0.25, -0.2) is 12.8 Å². The summed E-state index contributed by atoms with van der Waals surface area (Å²) in [6.45, 7) is 0.575. The molecule has 0 spiro atoms. The maximum atomic E-state index is 13.4. The second-order valence-electron chi connectivity index (χ2n) is 7.17. The SMILES string of the molecule is COc1ccc(OC)c(S(=O)(=O)N2CCC[C@H](c3nnc(-c4ccc(F)cc4)o3)C2)c1. The second-order valence-corrected chi connectivity index (χ2v) is 9.08. The predicted octanol–water partition coefficient (Wildman–Crippen LogP) is 3.46. The Hall–Kier alpha value is -2.98. The minimum Gasteiger partial charge on any atom is -0.497 e. The number of hydrogen-bond acceptors (Lipinski definition) is 7. The third kappa shape index (κ3) is 4.26. The summed E-state index contributed by atoms with van der Waals surface area (Å²) in [4.78, 5) is 0.0486. The molecule has 4 rings (SSSR count). The lowest BCUT2D eigenvalue weighted by molar-refractivity contribution is 0.285. The van der Waals surface area contributed by atoms with Gasteiger partial charge < -0.3 is 13.9 Å². The standard InChI is InChI=1S/C21H22FN3O5S/c1-28-17-9-10-18(29-2)19(12-17)31(26,27)25-11-3-4-15(13-25)21-24-23-20(30-21)14-5-7-16(22)8-6-14/h5-10,12,15H,3-4,11,13H2,1-2H3/t15-/m0/s1. The summed E-state index contributed by atoms with van der Waals surface area (Å²) >= 11 is 0. The molecule has 1 saturated heterocycles. The number of benzene rings is 2. The van der Waals surface area contributed by atoms with Crippen molar-refractivity contribution in [2.45, 2.75) is 23.7 Å². The van der Waals surface area contributed by atoms with E-state index in [4.69, 9.17) is 13.9 Å². The van der Waals surface area contributed by atoms with E-state index in [2.05, 4.69) is 10.2 Å². The summed E-state index contributed by atoms with van der Waals surface area (Å²) in [5, 5.41) is 8.16. The van der Waals surface area contributed by atoms with E-state index in [1.165, 1.54) is 36.7 Å². The molecule has 0 saturated carbocycles. The van der Waals surface area contributed by atoms with E-state index in [9.17, 15) is 12.8 Å². The first kappa shape index (κ1) is 21.3. The van der Waals surface area contributed by atoms with Crippen molar-refractivity contribution < 1.29 is 26.7 Å². The minimum atomic E-state index is -3.83. The van der Waals surface area contributed by atoms with E-state index in [-0.39, 0.29) is 34.8 Å². The molecule has 3 aromatic rings. The summed E-state index contributed by atoms with van der Waals surface area (Å²) < 4.78 is 57.5. The summed E-state index contributed by atoms with van der Waals surface area (Å²) in [6, 6.07) is 10.4. The number of nitrogens with zero attached hydrogens (tertiary/aromatic N) is 3. The lowest BCUT2D eigenvalue weighted by atomic mass is 10.00. The Bertz CT molecular complexity index is 1160. The van der Waals surface area contributed by atoms with Crippen molar-refractivity contribution in [2.24, 2.45) is 0 Å². The Morgan fingerprint density at radius 1 is 1.10 bits per heavy atom. The van der Waals surface area contributed by atoms with Crippen molar-refractivity contribution in [2.75, 3.05) is 27.3 Å². The highest BCUT2D eigenvalue weighted by atomic mass is 32.2. The Morgan fingerprint density at radius 3 is 2.58 bits per heavy atom. The molecule has 8 nitrogen and oxygen atoms in total. The molecule has 1 aliphatic rings. The van der Waals surface area contributed by atoms with Crippen LogP contribution in [0.25, 0.3) is 11.5 Å². The van der Waals surface area contributed by atoms with Gasteiger partial charge in [0.15, 0.2) is 0 Å². The van der Waals surface area contributed by atoms with Gasteiger partial charge in [0, 0.05) is 24.7 Å². The second kappa shape index (κ2) is 8.64. The molecule has 0 N–H and O–H groups in total. The molecule has 1 aliphatic heterocycles. The van der Waals surface area contributed by atoms with Crippen LogP contribution in [0.4, 0.5) is 4.39 Å². The first-order valence-corrected chi connectivity index (χ1v) is 11.2. The highest BCUT2D eigenvalue weighted by Crippen LogP contribution is 2.35. The van der Waals surface area contributed by atoms with Crippen LogP contribution in [0.2, 0.25) is 0 Å². The van der Waals surface area contributed by atoms with Gasteiger partial charge >= 0.3 is 0 Å². The van der Waals surface area contributed by atoms with Crippen LogP contribution in [0.1, 0.15) is 24.7 Å². The van der Waals surface area contributed by atoms with Crippen LogP contribution in [0, 0.1) is 5.82 Å². The maximum Gasteiger partial charge on any atom is 0.247 e. The zero-order valence-corrected chi connectivity index (χ0v) is 17.9. The molecule has 1 atom stereocenters. The quantitative estimate of drug-likeness (QED) is 0.571. The number of piperidine rings is 1. The Balaban J connectivity index is 1.58. The van der Waals surface area contributed by atoms with Gasteiger partial charge in [0.2, 0.25) is 21.8 Å². The molecular weight excluding hydrogens is 425 g/mol. The van der Waals surface area contributed by atoms with Crippen molar-refractivity contribution >= 4 is 10.0 Å². The van der Waals surface area contributed by atoms with E-state index in [0.29, 0.717) is 36.6 Å². The van der Waals surface area contributed by atoms with Crippen LogP contribution in [-0.2, 0) is 10.0 Å².